The molecular weight excluding hydrogens is 458 g/mol. The number of hydrogen-bond acceptors (Lipinski definition) is 3. The molecule has 2 aromatic rings. The first-order valence-corrected chi connectivity index (χ1v) is 13.5. The molecule has 4 heteroatoms. The zero-order valence-electron chi connectivity index (χ0n) is 22.1. The molecule has 0 saturated carbocycles. The monoisotopic (exact) mass is 497 g/mol. The topological polar surface area (TPSA) is 38.8 Å². The molecule has 4 nitrogen and oxygen atoms in total. The minimum Gasteiger partial charge on any atom is -0.490 e. The predicted octanol–water partition coefficient (Wildman–Crippen LogP) is 7.38. The summed E-state index contributed by atoms with van der Waals surface area (Å²) in [6, 6.07) is 16.2. The van der Waals surface area contributed by atoms with Crippen molar-refractivity contribution in [3.8, 4) is 11.5 Å². The predicted molar refractivity (Wildman–Crippen MR) is 151 cm³/mol. The van der Waals surface area contributed by atoms with Crippen molar-refractivity contribution in [1.82, 2.24) is 4.90 Å². The first-order chi connectivity index (χ1) is 18.1. The third kappa shape index (κ3) is 8.24. The SMILES string of the molecule is C\C=C/C=C\C=C\c1ccc(OCc2ccc(OC3CCN(C(=O)C4C=CC(C)CC4)CC3)cc2)cc1. The number of rotatable bonds is 9. The Hall–Kier alpha value is -3.53. The van der Waals surface area contributed by atoms with E-state index in [9.17, 15) is 4.79 Å². The largest absolute Gasteiger partial charge is 0.490 e. The molecule has 2 aromatic carbocycles. The third-order valence-corrected chi connectivity index (χ3v) is 7.00. The molecule has 1 heterocycles. The summed E-state index contributed by atoms with van der Waals surface area (Å²) in [5.74, 6) is 2.67. The van der Waals surface area contributed by atoms with Crippen LogP contribution >= 0.6 is 0 Å². The van der Waals surface area contributed by atoms with Gasteiger partial charge in [-0.1, -0.05) is 79.8 Å². The molecule has 1 aliphatic heterocycles. The van der Waals surface area contributed by atoms with Crippen molar-refractivity contribution >= 4 is 12.0 Å². The van der Waals surface area contributed by atoms with Gasteiger partial charge >= 0.3 is 0 Å². The van der Waals surface area contributed by atoms with E-state index < -0.39 is 0 Å². The molecule has 2 unspecified atom stereocenters. The van der Waals surface area contributed by atoms with Crippen LogP contribution in [0.15, 0.2) is 91.1 Å². The Labute approximate surface area is 222 Å². The van der Waals surface area contributed by atoms with Crippen LogP contribution in [0.25, 0.3) is 6.08 Å². The van der Waals surface area contributed by atoms with E-state index in [1.165, 1.54) is 0 Å². The van der Waals surface area contributed by atoms with Crippen molar-refractivity contribution in [1.29, 1.82) is 0 Å². The normalized spacial score (nSPS) is 20.8. The van der Waals surface area contributed by atoms with E-state index >= 15 is 0 Å². The molecule has 0 N–H and O–H groups in total. The van der Waals surface area contributed by atoms with Crippen LogP contribution in [0.2, 0.25) is 0 Å². The Bertz CT molecular complexity index is 1100. The molecule has 1 saturated heterocycles. The highest BCUT2D eigenvalue weighted by Gasteiger charge is 2.29. The van der Waals surface area contributed by atoms with Gasteiger partial charge in [0.2, 0.25) is 5.91 Å². The number of hydrogen-bond donors (Lipinski definition) is 0. The highest BCUT2D eigenvalue weighted by atomic mass is 16.5. The van der Waals surface area contributed by atoms with Gasteiger partial charge in [0.1, 0.15) is 24.2 Å². The van der Waals surface area contributed by atoms with Gasteiger partial charge < -0.3 is 14.4 Å². The van der Waals surface area contributed by atoms with Gasteiger partial charge in [-0.15, -0.1) is 0 Å². The lowest BCUT2D eigenvalue weighted by molar-refractivity contribution is -0.136. The Balaban J connectivity index is 1.18. The van der Waals surface area contributed by atoms with Gasteiger partial charge in [0, 0.05) is 25.9 Å². The zero-order chi connectivity index (χ0) is 25.9. The average Bonchev–Trinajstić information content (AvgIpc) is 2.94. The Morgan fingerprint density at radius 3 is 2.24 bits per heavy atom. The minimum atomic E-state index is 0.0637. The summed E-state index contributed by atoms with van der Waals surface area (Å²) in [4.78, 5) is 14.9. The number of carbonyl (C=O) groups excluding carboxylic acids is 1. The van der Waals surface area contributed by atoms with E-state index in [2.05, 4.69) is 49.4 Å². The maximum Gasteiger partial charge on any atom is 0.229 e. The molecule has 2 aliphatic rings. The number of piperidine rings is 1. The van der Waals surface area contributed by atoms with Gasteiger partial charge in [-0.05, 0) is 61.1 Å². The standard InChI is InChI=1S/C33H39NO3/c1-3-4-5-6-7-8-27-11-17-30(18-12-27)36-25-28-13-19-31(20-14-28)37-32-21-23-34(24-22-32)33(35)29-15-9-26(2)10-16-29/h3-9,11-15,17-20,26,29,32H,10,16,21-25H2,1-2H3/b4-3-,6-5-,8-7+. The second-order valence-corrected chi connectivity index (χ2v) is 9.96. The Morgan fingerprint density at radius 2 is 1.57 bits per heavy atom. The molecule has 2 atom stereocenters. The lowest BCUT2D eigenvalue weighted by Crippen LogP contribution is -2.44. The van der Waals surface area contributed by atoms with Crippen LogP contribution < -0.4 is 9.47 Å². The first kappa shape index (κ1) is 26.5. The van der Waals surface area contributed by atoms with Crippen LogP contribution in [0.4, 0.5) is 0 Å². The highest BCUT2D eigenvalue weighted by molar-refractivity contribution is 5.80. The van der Waals surface area contributed by atoms with Crippen molar-refractivity contribution in [2.75, 3.05) is 13.1 Å². The van der Waals surface area contributed by atoms with Gasteiger partial charge in [0.15, 0.2) is 0 Å². The van der Waals surface area contributed by atoms with Crippen LogP contribution in [0.3, 0.4) is 0 Å². The van der Waals surface area contributed by atoms with E-state index in [0.29, 0.717) is 12.5 Å². The highest BCUT2D eigenvalue weighted by Crippen LogP contribution is 2.26. The van der Waals surface area contributed by atoms with Crippen LogP contribution in [0.5, 0.6) is 11.5 Å². The Kier molecular flexibility index (Phi) is 9.81. The summed E-state index contributed by atoms with van der Waals surface area (Å²) in [6.07, 6.45) is 20.4. The minimum absolute atomic E-state index is 0.0637. The molecule has 1 aliphatic carbocycles. The van der Waals surface area contributed by atoms with E-state index in [-0.39, 0.29) is 17.9 Å². The molecule has 0 bridgehead atoms. The fourth-order valence-corrected chi connectivity index (χ4v) is 4.70. The van der Waals surface area contributed by atoms with Gasteiger partial charge in [0.05, 0.1) is 5.92 Å². The average molecular weight is 498 g/mol. The zero-order valence-corrected chi connectivity index (χ0v) is 22.1. The molecule has 37 heavy (non-hydrogen) atoms. The molecule has 4 rings (SSSR count). The summed E-state index contributed by atoms with van der Waals surface area (Å²) < 4.78 is 12.2. The Morgan fingerprint density at radius 1 is 0.865 bits per heavy atom. The fraction of sp³-hybridized carbons (Fsp3) is 0.364. The van der Waals surface area contributed by atoms with Crippen molar-refractivity contribution in [2.24, 2.45) is 11.8 Å². The maximum absolute atomic E-state index is 12.8. The third-order valence-electron chi connectivity index (χ3n) is 7.00. The lowest BCUT2D eigenvalue weighted by Gasteiger charge is -2.34. The summed E-state index contributed by atoms with van der Waals surface area (Å²) in [7, 11) is 0. The van der Waals surface area contributed by atoms with E-state index in [1.807, 2.05) is 66.5 Å². The fourth-order valence-electron chi connectivity index (χ4n) is 4.70. The second kappa shape index (κ2) is 13.7. The van der Waals surface area contributed by atoms with Crippen molar-refractivity contribution in [3.63, 3.8) is 0 Å². The van der Waals surface area contributed by atoms with Crippen LogP contribution in [-0.4, -0.2) is 30.0 Å². The van der Waals surface area contributed by atoms with E-state index in [0.717, 1.165) is 61.4 Å². The summed E-state index contributed by atoms with van der Waals surface area (Å²) in [6.45, 7) is 6.27. The molecule has 0 radical (unpaired) electrons. The number of allylic oxidation sites excluding steroid dienone is 6. The number of benzene rings is 2. The summed E-state index contributed by atoms with van der Waals surface area (Å²) in [5.41, 5.74) is 2.23. The van der Waals surface area contributed by atoms with Crippen molar-refractivity contribution in [2.45, 2.75) is 52.2 Å². The number of likely N-dealkylation sites (tertiary alicyclic amines) is 1. The smallest absolute Gasteiger partial charge is 0.229 e. The summed E-state index contributed by atoms with van der Waals surface area (Å²) >= 11 is 0. The van der Waals surface area contributed by atoms with Crippen molar-refractivity contribution < 1.29 is 14.3 Å². The first-order valence-electron chi connectivity index (χ1n) is 13.5. The van der Waals surface area contributed by atoms with E-state index in [1.54, 1.807) is 0 Å². The molecule has 0 spiro atoms. The quantitative estimate of drug-likeness (QED) is 0.268. The van der Waals surface area contributed by atoms with Gasteiger partial charge in [-0.3, -0.25) is 4.79 Å². The van der Waals surface area contributed by atoms with Crippen LogP contribution in [0.1, 0.15) is 50.7 Å². The van der Waals surface area contributed by atoms with Crippen LogP contribution in [0, 0.1) is 11.8 Å². The summed E-state index contributed by atoms with van der Waals surface area (Å²) in [5, 5.41) is 0. The second-order valence-electron chi connectivity index (χ2n) is 9.96. The van der Waals surface area contributed by atoms with Crippen molar-refractivity contribution in [3.05, 3.63) is 102 Å². The molecule has 1 fully saturated rings. The van der Waals surface area contributed by atoms with Gasteiger partial charge in [-0.25, -0.2) is 0 Å². The number of ether oxygens (including phenoxy) is 2. The van der Waals surface area contributed by atoms with Crippen LogP contribution in [-0.2, 0) is 11.4 Å². The molecule has 0 aromatic heterocycles. The number of nitrogens with zero attached hydrogens (tertiary/aromatic N) is 1. The van der Waals surface area contributed by atoms with Gasteiger partial charge in [-0.2, -0.15) is 0 Å². The lowest BCUT2D eigenvalue weighted by atomic mass is 9.88. The number of carbonyl (C=O) groups is 1. The van der Waals surface area contributed by atoms with E-state index in [4.69, 9.17) is 9.47 Å². The number of amides is 1. The van der Waals surface area contributed by atoms with Gasteiger partial charge in [0.25, 0.3) is 0 Å². The maximum atomic E-state index is 12.8. The molecule has 1 amide bonds. The molecule has 194 valence electrons. The molecular formula is C33H39NO3.